The molecule has 0 atom stereocenters. The van der Waals surface area contributed by atoms with E-state index in [0.29, 0.717) is 18.0 Å². The van der Waals surface area contributed by atoms with E-state index in [1.54, 1.807) is 6.07 Å². The summed E-state index contributed by atoms with van der Waals surface area (Å²) >= 11 is 0. The first-order chi connectivity index (χ1) is 8.99. The number of hydrogen-bond acceptors (Lipinski definition) is 2. The number of carbonyl (C=O) groups is 2. The van der Waals surface area contributed by atoms with Crippen molar-refractivity contribution in [1.82, 2.24) is 4.90 Å². The minimum atomic E-state index is -0.959. The standard InChI is InChI=1S/C15H19NO3/c1-10-4-3-5-13(11(10)2)15(19)16(9-14(17)18)8-12-6-7-12/h3-5,12H,6-9H2,1-2H3,(H,17,18). The lowest BCUT2D eigenvalue weighted by Crippen LogP contribution is -2.37. The third-order valence-corrected chi connectivity index (χ3v) is 3.62. The van der Waals surface area contributed by atoms with Gasteiger partial charge in [0.1, 0.15) is 6.54 Å². The lowest BCUT2D eigenvalue weighted by molar-refractivity contribution is -0.137. The van der Waals surface area contributed by atoms with Gasteiger partial charge in [-0.3, -0.25) is 9.59 Å². The zero-order valence-electron chi connectivity index (χ0n) is 11.3. The normalized spacial score (nSPS) is 14.2. The minimum absolute atomic E-state index is 0.171. The Morgan fingerprint density at radius 2 is 2.00 bits per heavy atom. The Hall–Kier alpha value is -1.84. The summed E-state index contributed by atoms with van der Waals surface area (Å²) in [6.45, 7) is 4.19. The van der Waals surface area contributed by atoms with Gasteiger partial charge in [-0.15, -0.1) is 0 Å². The second-order valence-corrected chi connectivity index (χ2v) is 5.27. The summed E-state index contributed by atoms with van der Waals surface area (Å²) in [5.41, 5.74) is 2.59. The van der Waals surface area contributed by atoms with Crippen molar-refractivity contribution in [3.63, 3.8) is 0 Å². The second-order valence-electron chi connectivity index (χ2n) is 5.27. The van der Waals surface area contributed by atoms with Crippen LogP contribution in [0.2, 0.25) is 0 Å². The average Bonchev–Trinajstić information content (AvgIpc) is 3.14. The molecule has 1 aliphatic rings. The molecule has 0 unspecified atom stereocenters. The minimum Gasteiger partial charge on any atom is -0.480 e. The molecular weight excluding hydrogens is 242 g/mol. The summed E-state index contributed by atoms with van der Waals surface area (Å²) in [6, 6.07) is 5.56. The second kappa shape index (κ2) is 5.43. The molecule has 1 N–H and O–H groups in total. The van der Waals surface area contributed by atoms with E-state index in [-0.39, 0.29) is 12.5 Å². The largest absolute Gasteiger partial charge is 0.480 e. The van der Waals surface area contributed by atoms with E-state index in [4.69, 9.17) is 5.11 Å². The summed E-state index contributed by atoms with van der Waals surface area (Å²) < 4.78 is 0. The highest BCUT2D eigenvalue weighted by molar-refractivity contribution is 5.97. The predicted octanol–water partition coefficient (Wildman–Crippen LogP) is 2.24. The van der Waals surface area contributed by atoms with E-state index >= 15 is 0 Å². The molecule has 1 aromatic carbocycles. The predicted molar refractivity (Wildman–Crippen MR) is 72.2 cm³/mol. The quantitative estimate of drug-likeness (QED) is 0.884. The van der Waals surface area contributed by atoms with Gasteiger partial charge in [0.2, 0.25) is 0 Å². The molecule has 1 aromatic rings. The van der Waals surface area contributed by atoms with E-state index in [1.165, 1.54) is 4.90 Å². The van der Waals surface area contributed by atoms with Gasteiger partial charge < -0.3 is 10.0 Å². The number of hydrogen-bond donors (Lipinski definition) is 1. The van der Waals surface area contributed by atoms with Gasteiger partial charge in [0, 0.05) is 12.1 Å². The van der Waals surface area contributed by atoms with E-state index < -0.39 is 5.97 Å². The van der Waals surface area contributed by atoms with Crippen molar-refractivity contribution in [1.29, 1.82) is 0 Å². The highest BCUT2D eigenvalue weighted by Crippen LogP contribution is 2.30. The number of nitrogens with zero attached hydrogens (tertiary/aromatic N) is 1. The Morgan fingerprint density at radius 3 is 2.58 bits per heavy atom. The van der Waals surface area contributed by atoms with E-state index in [9.17, 15) is 9.59 Å². The lowest BCUT2D eigenvalue weighted by Gasteiger charge is -2.22. The molecule has 0 aromatic heterocycles. The van der Waals surface area contributed by atoms with Crippen molar-refractivity contribution in [2.75, 3.05) is 13.1 Å². The maximum absolute atomic E-state index is 12.5. The fourth-order valence-corrected chi connectivity index (χ4v) is 2.15. The summed E-state index contributed by atoms with van der Waals surface area (Å²) in [4.78, 5) is 24.8. The van der Waals surface area contributed by atoms with Gasteiger partial charge in [-0.25, -0.2) is 0 Å². The van der Waals surface area contributed by atoms with Crippen LogP contribution in [0.1, 0.15) is 34.3 Å². The highest BCUT2D eigenvalue weighted by atomic mass is 16.4. The van der Waals surface area contributed by atoms with Gasteiger partial charge >= 0.3 is 5.97 Å². The average molecular weight is 261 g/mol. The van der Waals surface area contributed by atoms with Crippen LogP contribution in [0.25, 0.3) is 0 Å². The number of carbonyl (C=O) groups excluding carboxylic acids is 1. The molecule has 0 spiro atoms. The molecule has 102 valence electrons. The van der Waals surface area contributed by atoms with Gasteiger partial charge in [-0.1, -0.05) is 12.1 Å². The molecule has 1 aliphatic carbocycles. The topological polar surface area (TPSA) is 57.6 Å². The first-order valence-electron chi connectivity index (χ1n) is 6.56. The maximum atomic E-state index is 12.5. The first-order valence-corrected chi connectivity index (χ1v) is 6.56. The van der Waals surface area contributed by atoms with Crippen molar-refractivity contribution < 1.29 is 14.7 Å². The Balaban J connectivity index is 2.21. The summed E-state index contributed by atoms with van der Waals surface area (Å²) in [6.07, 6.45) is 2.19. The Bertz CT molecular complexity index is 506. The third kappa shape index (κ3) is 3.34. The molecule has 0 aliphatic heterocycles. The van der Waals surface area contributed by atoms with Crippen LogP contribution in [-0.4, -0.2) is 35.0 Å². The van der Waals surface area contributed by atoms with Crippen LogP contribution < -0.4 is 0 Å². The summed E-state index contributed by atoms with van der Waals surface area (Å²) in [5, 5.41) is 8.94. The number of benzene rings is 1. The van der Waals surface area contributed by atoms with E-state index in [0.717, 1.165) is 24.0 Å². The van der Waals surface area contributed by atoms with Gasteiger partial charge in [0.15, 0.2) is 0 Å². The van der Waals surface area contributed by atoms with E-state index in [1.807, 2.05) is 26.0 Å². The number of amides is 1. The number of aliphatic carboxylic acids is 1. The van der Waals surface area contributed by atoms with Crippen molar-refractivity contribution in [3.8, 4) is 0 Å². The Kier molecular flexibility index (Phi) is 3.88. The molecule has 2 rings (SSSR count). The van der Waals surface area contributed by atoms with Crippen LogP contribution in [0, 0.1) is 19.8 Å². The highest BCUT2D eigenvalue weighted by Gasteiger charge is 2.29. The van der Waals surface area contributed by atoms with E-state index in [2.05, 4.69) is 0 Å². The van der Waals surface area contributed by atoms with Gasteiger partial charge in [0.05, 0.1) is 0 Å². The zero-order valence-corrected chi connectivity index (χ0v) is 11.3. The van der Waals surface area contributed by atoms with Crippen molar-refractivity contribution in [2.24, 2.45) is 5.92 Å². The lowest BCUT2D eigenvalue weighted by atomic mass is 10.0. The molecule has 0 radical (unpaired) electrons. The van der Waals surface area contributed by atoms with Crippen LogP contribution >= 0.6 is 0 Å². The number of rotatable bonds is 5. The van der Waals surface area contributed by atoms with Crippen LogP contribution in [0.5, 0.6) is 0 Å². The van der Waals surface area contributed by atoms with Gasteiger partial charge in [0.25, 0.3) is 5.91 Å². The molecule has 1 saturated carbocycles. The number of carboxylic acids is 1. The maximum Gasteiger partial charge on any atom is 0.323 e. The monoisotopic (exact) mass is 261 g/mol. The Labute approximate surface area is 113 Å². The van der Waals surface area contributed by atoms with Crippen LogP contribution in [-0.2, 0) is 4.79 Å². The van der Waals surface area contributed by atoms with Crippen molar-refractivity contribution >= 4 is 11.9 Å². The number of aryl methyl sites for hydroxylation is 1. The van der Waals surface area contributed by atoms with Gasteiger partial charge in [-0.05, 0) is 49.8 Å². The SMILES string of the molecule is Cc1cccc(C(=O)N(CC(=O)O)CC2CC2)c1C. The smallest absolute Gasteiger partial charge is 0.323 e. The molecule has 19 heavy (non-hydrogen) atoms. The summed E-state index contributed by atoms with van der Waals surface area (Å²) in [5.74, 6) is -0.650. The van der Waals surface area contributed by atoms with Crippen LogP contribution in [0.15, 0.2) is 18.2 Å². The zero-order chi connectivity index (χ0) is 14.0. The van der Waals surface area contributed by atoms with Crippen molar-refractivity contribution in [2.45, 2.75) is 26.7 Å². The molecule has 0 saturated heterocycles. The van der Waals surface area contributed by atoms with Crippen LogP contribution in [0.4, 0.5) is 0 Å². The molecular formula is C15H19NO3. The van der Waals surface area contributed by atoms with Crippen molar-refractivity contribution in [3.05, 3.63) is 34.9 Å². The molecule has 0 heterocycles. The molecule has 4 heteroatoms. The third-order valence-electron chi connectivity index (χ3n) is 3.62. The first kappa shape index (κ1) is 13.6. The Morgan fingerprint density at radius 1 is 1.32 bits per heavy atom. The molecule has 4 nitrogen and oxygen atoms in total. The van der Waals surface area contributed by atoms with Gasteiger partial charge in [-0.2, -0.15) is 0 Å². The summed E-state index contributed by atoms with van der Waals surface area (Å²) in [7, 11) is 0. The fraction of sp³-hybridized carbons (Fsp3) is 0.467. The van der Waals surface area contributed by atoms with Crippen LogP contribution in [0.3, 0.4) is 0 Å². The molecule has 1 amide bonds. The fourth-order valence-electron chi connectivity index (χ4n) is 2.15. The molecule has 1 fully saturated rings. The number of carboxylic acid groups (broad SMARTS) is 1. The molecule has 0 bridgehead atoms.